The van der Waals surface area contributed by atoms with Crippen LogP contribution in [0.25, 0.3) is 17.2 Å². The van der Waals surface area contributed by atoms with Gasteiger partial charge in [-0.25, -0.2) is 0 Å². The second-order valence-electron chi connectivity index (χ2n) is 12.3. The predicted octanol–water partition coefficient (Wildman–Crippen LogP) is 6.66. The van der Waals surface area contributed by atoms with Crippen LogP contribution in [0.3, 0.4) is 0 Å². The molecular formula is C32H37N3O2S. The molecule has 1 amide bonds. The van der Waals surface area contributed by atoms with Crippen molar-refractivity contribution in [2.24, 2.45) is 22.9 Å². The average molecular weight is 528 g/mol. The van der Waals surface area contributed by atoms with E-state index in [0.717, 1.165) is 66.8 Å². The Morgan fingerprint density at radius 2 is 1.76 bits per heavy atom. The monoisotopic (exact) mass is 527 g/mol. The zero-order valence-electron chi connectivity index (χ0n) is 22.2. The van der Waals surface area contributed by atoms with Crippen LogP contribution in [-0.2, 0) is 16.6 Å². The minimum atomic E-state index is -0.0830. The first-order valence-electron chi connectivity index (χ1n) is 14.5. The molecule has 4 saturated carbocycles. The van der Waals surface area contributed by atoms with E-state index in [1.54, 1.807) is 0 Å². The summed E-state index contributed by atoms with van der Waals surface area (Å²) in [7, 11) is 0. The number of amides is 1. The lowest BCUT2D eigenvalue weighted by molar-refractivity contribution is -0.115. The van der Waals surface area contributed by atoms with E-state index >= 15 is 0 Å². The Labute approximate surface area is 229 Å². The molecule has 0 atom stereocenters. The molecule has 2 N–H and O–H groups in total. The number of aromatic hydroxyl groups is 1. The number of phenolic OH excluding ortho intramolecular Hbond substituents is 1. The van der Waals surface area contributed by atoms with E-state index in [9.17, 15) is 9.90 Å². The lowest BCUT2D eigenvalue weighted by Gasteiger charge is -2.57. The number of rotatable bonds is 5. The van der Waals surface area contributed by atoms with Crippen molar-refractivity contribution in [1.29, 1.82) is 0 Å². The number of carbonyl (C=O) groups excluding carboxylic acids is 1. The normalized spacial score (nSPS) is 32.1. The number of phenols is 1. The van der Waals surface area contributed by atoms with Gasteiger partial charge in [0, 0.05) is 18.7 Å². The molecule has 38 heavy (non-hydrogen) atoms. The van der Waals surface area contributed by atoms with E-state index in [1.807, 2.05) is 11.1 Å². The molecule has 6 aliphatic rings. The third-order valence-electron chi connectivity index (χ3n) is 9.66. The van der Waals surface area contributed by atoms with Crippen molar-refractivity contribution < 1.29 is 9.90 Å². The molecule has 6 heteroatoms. The van der Waals surface area contributed by atoms with Gasteiger partial charge in [-0.3, -0.25) is 15.1 Å². The second-order valence-corrected chi connectivity index (χ2v) is 13.4. The number of amidine groups is 1. The fourth-order valence-corrected chi connectivity index (χ4v) is 9.19. The molecule has 2 aliphatic heterocycles. The van der Waals surface area contributed by atoms with Crippen LogP contribution in [0.5, 0.6) is 5.75 Å². The molecule has 4 aliphatic carbocycles. The summed E-state index contributed by atoms with van der Waals surface area (Å²) in [5, 5.41) is 21.7. The summed E-state index contributed by atoms with van der Waals surface area (Å²) in [6.45, 7) is 4.05. The highest BCUT2D eigenvalue weighted by atomic mass is 32.2. The Balaban J connectivity index is 1.21. The minimum absolute atomic E-state index is 0.0830. The van der Waals surface area contributed by atoms with Crippen LogP contribution in [0.15, 0.2) is 46.4 Å². The molecule has 198 valence electrons. The van der Waals surface area contributed by atoms with Crippen molar-refractivity contribution in [3.05, 3.63) is 58.0 Å². The largest absolute Gasteiger partial charge is 0.507 e. The van der Waals surface area contributed by atoms with E-state index in [1.165, 1.54) is 61.4 Å². The van der Waals surface area contributed by atoms with Crippen LogP contribution in [0.4, 0.5) is 0 Å². The first kappa shape index (κ1) is 24.3. The van der Waals surface area contributed by atoms with E-state index in [-0.39, 0.29) is 11.3 Å². The minimum Gasteiger partial charge on any atom is -0.507 e. The first-order valence-corrected chi connectivity index (χ1v) is 15.3. The number of nitrogens with one attached hydrogen (secondary N) is 1. The second kappa shape index (κ2) is 9.48. The van der Waals surface area contributed by atoms with Gasteiger partial charge in [-0.05, 0) is 139 Å². The number of hydrogen-bond acceptors (Lipinski definition) is 5. The molecule has 6 fully saturated rings. The molecule has 5 nitrogen and oxygen atoms in total. The van der Waals surface area contributed by atoms with Crippen LogP contribution in [0.1, 0.15) is 75.0 Å². The fourth-order valence-electron chi connectivity index (χ4n) is 8.34. The van der Waals surface area contributed by atoms with Crippen LogP contribution >= 0.6 is 11.8 Å². The Morgan fingerprint density at radius 3 is 2.45 bits per heavy atom. The van der Waals surface area contributed by atoms with Gasteiger partial charge in [0.2, 0.25) is 0 Å². The van der Waals surface area contributed by atoms with E-state index < -0.39 is 0 Å². The number of nitrogens with zero attached hydrogens (tertiary/aromatic N) is 2. The number of benzene rings is 2. The third-order valence-corrected chi connectivity index (χ3v) is 10.6. The molecule has 2 saturated heterocycles. The predicted molar refractivity (Wildman–Crippen MR) is 155 cm³/mol. The number of aryl methyl sites for hydroxylation is 1. The van der Waals surface area contributed by atoms with Gasteiger partial charge >= 0.3 is 0 Å². The van der Waals surface area contributed by atoms with Crippen LogP contribution < -0.4 is 5.32 Å². The summed E-state index contributed by atoms with van der Waals surface area (Å²) in [4.78, 5) is 13.3. The van der Waals surface area contributed by atoms with Crippen LogP contribution in [0, 0.1) is 17.8 Å². The highest BCUT2D eigenvalue weighted by molar-refractivity contribution is 8.18. The topological polar surface area (TPSA) is 64.9 Å². The van der Waals surface area contributed by atoms with E-state index in [2.05, 4.69) is 53.7 Å². The molecule has 2 aromatic carbocycles. The summed E-state index contributed by atoms with van der Waals surface area (Å²) >= 11 is 1.42. The SMILES string of the molecule is CCc1cc(-c2cccc(/C=C3\S/C(=N/N4CCCC4)NC3=O)c2)cc(C23CC4CC(CC(C4)C2)C3)c1O. The Hall–Kier alpha value is -2.73. The third kappa shape index (κ3) is 4.35. The number of hydrogen-bond donors (Lipinski definition) is 2. The Kier molecular flexibility index (Phi) is 6.06. The quantitative estimate of drug-likeness (QED) is 0.427. The van der Waals surface area contributed by atoms with Crippen molar-refractivity contribution in [2.75, 3.05) is 13.1 Å². The van der Waals surface area contributed by atoms with Gasteiger partial charge < -0.3 is 5.11 Å². The lowest BCUT2D eigenvalue weighted by Crippen LogP contribution is -2.48. The lowest BCUT2D eigenvalue weighted by atomic mass is 9.48. The van der Waals surface area contributed by atoms with Crippen molar-refractivity contribution in [3.8, 4) is 16.9 Å². The molecule has 0 unspecified atom stereocenters. The maximum atomic E-state index is 12.7. The molecule has 0 radical (unpaired) electrons. The summed E-state index contributed by atoms with van der Waals surface area (Å²) < 4.78 is 0. The zero-order chi connectivity index (χ0) is 25.9. The zero-order valence-corrected chi connectivity index (χ0v) is 23.0. The van der Waals surface area contributed by atoms with E-state index in [4.69, 9.17) is 0 Å². The molecule has 4 bridgehead atoms. The highest BCUT2D eigenvalue weighted by Crippen LogP contribution is 2.62. The summed E-state index contributed by atoms with van der Waals surface area (Å²) in [5.41, 5.74) is 5.70. The van der Waals surface area contributed by atoms with Gasteiger partial charge in [0.05, 0.1) is 4.91 Å². The van der Waals surface area contributed by atoms with E-state index in [0.29, 0.717) is 15.8 Å². The Morgan fingerprint density at radius 1 is 1.05 bits per heavy atom. The molecule has 0 spiro atoms. The molecule has 8 rings (SSSR count). The van der Waals surface area contributed by atoms with Crippen molar-refractivity contribution in [3.63, 3.8) is 0 Å². The fraction of sp³-hybridized carbons (Fsp3) is 0.500. The summed E-state index contributed by atoms with van der Waals surface area (Å²) in [5.74, 6) is 2.95. The van der Waals surface area contributed by atoms with Gasteiger partial charge in [-0.2, -0.15) is 5.10 Å². The Bertz CT molecular complexity index is 1300. The maximum Gasteiger partial charge on any atom is 0.264 e. The molecule has 0 aromatic heterocycles. The van der Waals surface area contributed by atoms with Gasteiger partial charge in [0.25, 0.3) is 5.91 Å². The van der Waals surface area contributed by atoms with Crippen molar-refractivity contribution in [1.82, 2.24) is 10.3 Å². The van der Waals surface area contributed by atoms with Crippen molar-refractivity contribution in [2.45, 2.75) is 70.1 Å². The summed E-state index contributed by atoms with van der Waals surface area (Å²) in [6.07, 6.45) is 13.0. The molecular weight excluding hydrogens is 490 g/mol. The first-order chi connectivity index (χ1) is 18.5. The smallest absolute Gasteiger partial charge is 0.264 e. The van der Waals surface area contributed by atoms with Gasteiger partial charge in [0.15, 0.2) is 5.17 Å². The highest BCUT2D eigenvalue weighted by Gasteiger charge is 2.52. The molecule has 2 heterocycles. The van der Waals surface area contributed by atoms with Crippen LogP contribution in [-0.4, -0.2) is 34.3 Å². The maximum absolute atomic E-state index is 12.7. The number of thioether (sulfide) groups is 1. The standard InChI is InChI=1S/C32H37N3O2S/c1-2-24-15-26(16-27(29(24)36)32-17-21-10-22(18-32)12-23(11-21)19-32)25-7-5-6-20(13-25)14-28-30(37)33-31(38-28)34-35-8-3-4-9-35/h5-7,13-16,21-23,36H,2-4,8-12,17-19H2,1H3,(H,33,34,37)/b28-14-. The van der Waals surface area contributed by atoms with Crippen LogP contribution in [0.2, 0.25) is 0 Å². The molecule has 2 aromatic rings. The number of carbonyl (C=O) groups is 1. The van der Waals surface area contributed by atoms with Crippen molar-refractivity contribution >= 4 is 28.9 Å². The summed E-state index contributed by atoms with van der Waals surface area (Å²) in [6, 6.07) is 12.9. The number of hydrazone groups is 1. The average Bonchev–Trinajstić information content (AvgIpc) is 3.53. The van der Waals surface area contributed by atoms with Gasteiger partial charge in [-0.1, -0.05) is 25.1 Å². The van der Waals surface area contributed by atoms with Gasteiger partial charge in [0.1, 0.15) is 5.75 Å². The van der Waals surface area contributed by atoms with Gasteiger partial charge in [-0.15, -0.1) is 0 Å².